The SMILES string of the molecule is CCN1CCc2c(sc(NC(=O)C=Cc3cccs3)c2C(=O)OC)C1. The van der Waals surface area contributed by atoms with Gasteiger partial charge in [0.2, 0.25) is 5.91 Å². The Hall–Kier alpha value is -1.96. The Morgan fingerprint density at radius 1 is 1.44 bits per heavy atom. The van der Waals surface area contributed by atoms with Crippen LogP contribution in [-0.4, -0.2) is 37.0 Å². The third kappa shape index (κ3) is 4.00. The fourth-order valence-corrected chi connectivity index (χ4v) is 4.73. The molecule has 1 amide bonds. The number of fused-ring (bicyclic) bond motifs is 1. The number of ether oxygens (including phenoxy) is 1. The van der Waals surface area contributed by atoms with Crippen molar-refractivity contribution in [3.05, 3.63) is 44.5 Å². The fraction of sp³-hybridized carbons (Fsp3) is 0.333. The molecule has 0 fully saturated rings. The van der Waals surface area contributed by atoms with E-state index < -0.39 is 0 Å². The van der Waals surface area contributed by atoms with Crippen LogP contribution in [0.1, 0.15) is 32.6 Å². The van der Waals surface area contributed by atoms with Gasteiger partial charge in [0, 0.05) is 28.9 Å². The lowest BCUT2D eigenvalue weighted by atomic mass is 10.0. The van der Waals surface area contributed by atoms with Gasteiger partial charge in [-0.15, -0.1) is 22.7 Å². The van der Waals surface area contributed by atoms with Gasteiger partial charge in [0.1, 0.15) is 5.00 Å². The van der Waals surface area contributed by atoms with Crippen LogP contribution in [0.3, 0.4) is 0 Å². The maximum absolute atomic E-state index is 12.3. The standard InChI is InChI=1S/C18H20N2O3S2/c1-3-20-9-8-13-14(11-20)25-17(16(13)18(22)23-2)19-15(21)7-6-12-5-4-10-24-12/h4-7,10H,3,8-9,11H2,1-2H3,(H,19,21). The number of thiophene rings is 2. The topological polar surface area (TPSA) is 58.6 Å². The number of anilines is 1. The molecule has 1 aliphatic rings. The first kappa shape index (κ1) is 17.8. The van der Waals surface area contributed by atoms with E-state index in [-0.39, 0.29) is 11.9 Å². The predicted molar refractivity (Wildman–Crippen MR) is 102 cm³/mol. The molecule has 0 spiro atoms. The second kappa shape index (κ2) is 7.95. The Labute approximate surface area is 154 Å². The van der Waals surface area contributed by atoms with E-state index in [0.717, 1.165) is 41.4 Å². The third-order valence-electron chi connectivity index (χ3n) is 4.15. The van der Waals surface area contributed by atoms with Gasteiger partial charge in [0.15, 0.2) is 0 Å². The fourth-order valence-electron chi connectivity index (χ4n) is 2.83. The van der Waals surface area contributed by atoms with E-state index in [9.17, 15) is 9.59 Å². The summed E-state index contributed by atoms with van der Waals surface area (Å²) in [4.78, 5) is 29.0. The number of nitrogens with one attached hydrogen (secondary N) is 1. The van der Waals surface area contributed by atoms with E-state index in [4.69, 9.17) is 4.74 Å². The monoisotopic (exact) mass is 376 g/mol. The number of hydrogen-bond donors (Lipinski definition) is 1. The average Bonchev–Trinajstić information content (AvgIpc) is 3.25. The molecule has 3 heterocycles. The third-order valence-corrected chi connectivity index (χ3v) is 6.12. The van der Waals surface area contributed by atoms with Gasteiger partial charge in [0.25, 0.3) is 0 Å². The van der Waals surface area contributed by atoms with E-state index in [0.29, 0.717) is 10.6 Å². The summed E-state index contributed by atoms with van der Waals surface area (Å²) in [6, 6.07) is 3.88. The van der Waals surface area contributed by atoms with Crippen LogP contribution >= 0.6 is 22.7 Å². The van der Waals surface area contributed by atoms with Gasteiger partial charge in [-0.25, -0.2) is 4.79 Å². The van der Waals surface area contributed by atoms with Crippen LogP contribution in [-0.2, 0) is 22.5 Å². The summed E-state index contributed by atoms with van der Waals surface area (Å²) in [6.07, 6.45) is 4.05. The van der Waals surface area contributed by atoms with Gasteiger partial charge < -0.3 is 10.1 Å². The molecule has 25 heavy (non-hydrogen) atoms. The van der Waals surface area contributed by atoms with Crippen LogP contribution in [0.25, 0.3) is 6.08 Å². The number of carbonyl (C=O) groups excluding carboxylic acids is 2. The van der Waals surface area contributed by atoms with Gasteiger partial charge in [-0.1, -0.05) is 13.0 Å². The maximum Gasteiger partial charge on any atom is 0.341 e. The molecule has 1 aliphatic heterocycles. The lowest BCUT2D eigenvalue weighted by molar-refractivity contribution is -0.111. The normalized spacial score (nSPS) is 14.5. The summed E-state index contributed by atoms with van der Waals surface area (Å²) < 4.78 is 4.94. The number of carbonyl (C=O) groups is 2. The summed E-state index contributed by atoms with van der Waals surface area (Å²) in [5.41, 5.74) is 1.52. The van der Waals surface area contributed by atoms with Crippen molar-refractivity contribution in [3.8, 4) is 0 Å². The first-order valence-electron chi connectivity index (χ1n) is 8.10. The molecular formula is C18H20N2O3S2. The number of methoxy groups -OCH3 is 1. The van der Waals surface area contributed by atoms with E-state index in [1.165, 1.54) is 24.5 Å². The van der Waals surface area contributed by atoms with Crippen LogP contribution < -0.4 is 5.32 Å². The van der Waals surface area contributed by atoms with Crippen molar-refractivity contribution in [2.24, 2.45) is 0 Å². The Morgan fingerprint density at radius 2 is 2.28 bits per heavy atom. The number of rotatable bonds is 5. The van der Waals surface area contributed by atoms with Crippen molar-refractivity contribution < 1.29 is 14.3 Å². The van der Waals surface area contributed by atoms with Crippen LogP contribution in [0.4, 0.5) is 5.00 Å². The van der Waals surface area contributed by atoms with E-state index in [1.807, 2.05) is 17.5 Å². The van der Waals surface area contributed by atoms with Crippen LogP contribution in [0.2, 0.25) is 0 Å². The van der Waals surface area contributed by atoms with Crippen molar-refractivity contribution in [1.82, 2.24) is 4.90 Å². The second-order valence-electron chi connectivity index (χ2n) is 5.66. The Morgan fingerprint density at radius 3 is 2.96 bits per heavy atom. The second-order valence-corrected chi connectivity index (χ2v) is 7.74. The van der Waals surface area contributed by atoms with Gasteiger partial charge in [0.05, 0.1) is 12.7 Å². The molecule has 7 heteroatoms. The Bertz CT molecular complexity index is 794. The predicted octanol–water partition coefficient (Wildman–Crippen LogP) is 3.63. The highest BCUT2D eigenvalue weighted by molar-refractivity contribution is 7.17. The number of nitrogens with zero attached hydrogens (tertiary/aromatic N) is 1. The van der Waals surface area contributed by atoms with Crippen molar-refractivity contribution in [1.29, 1.82) is 0 Å². The molecule has 2 aromatic heterocycles. The minimum absolute atomic E-state index is 0.246. The van der Waals surface area contributed by atoms with Crippen molar-refractivity contribution in [3.63, 3.8) is 0 Å². The molecule has 0 unspecified atom stereocenters. The molecule has 0 aliphatic carbocycles. The van der Waals surface area contributed by atoms with Gasteiger partial charge >= 0.3 is 5.97 Å². The minimum atomic E-state index is -0.389. The molecule has 0 aromatic carbocycles. The zero-order valence-corrected chi connectivity index (χ0v) is 15.8. The molecule has 5 nitrogen and oxygen atoms in total. The molecule has 0 saturated heterocycles. The quantitative estimate of drug-likeness (QED) is 0.640. The molecular weight excluding hydrogens is 356 g/mol. The van der Waals surface area contributed by atoms with E-state index >= 15 is 0 Å². The largest absolute Gasteiger partial charge is 0.465 e. The lowest BCUT2D eigenvalue weighted by Gasteiger charge is -2.25. The number of esters is 1. The van der Waals surface area contributed by atoms with Gasteiger partial charge in [-0.2, -0.15) is 0 Å². The molecule has 2 aromatic rings. The van der Waals surface area contributed by atoms with E-state index in [2.05, 4.69) is 17.1 Å². The molecule has 0 saturated carbocycles. The van der Waals surface area contributed by atoms with E-state index in [1.54, 1.807) is 17.4 Å². The van der Waals surface area contributed by atoms with Crippen LogP contribution in [0, 0.1) is 0 Å². The zero-order chi connectivity index (χ0) is 17.8. The average molecular weight is 377 g/mol. The van der Waals surface area contributed by atoms with Crippen molar-refractivity contribution in [2.45, 2.75) is 19.9 Å². The van der Waals surface area contributed by atoms with Crippen LogP contribution in [0.5, 0.6) is 0 Å². The van der Waals surface area contributed by atoms with Gasteiger partial charge in [-0.05, 0) is 36.1 Å². The molecule has 0 bridgehead atoms. The maximum atomic E-state index is 12.3. The smallest absolute Gasteiger partial charge is 0.341 e. The van der Waals surface area contributed by atoms with Gasteiger partial charge in [-0.3, -0.25) is 9.69 Å². The molecule has 0 radical (unpaired) electrons. The molecule has 132 valence electrons. The van der Waals surface area contributed by atoms with Crippen LogP contribution in [0.15, 0.2) is 23.6 Å². The molecule has 3 rings (SSSR count). The number of hydrogen-bond acceptors (Lipinski definition) is 6. The summed E-state index contributed by atoms with van der Waals surface area (Å²) in [6.45, 7) is 4.81. The summed E-state index contributed by atoms with van der Waals surface area (Å²) >= 11 is 3.03. The molecule has 0 atom stereocenters. The minimum Gasteiger partial charge on any atom is -0.465 e. The number of amides is 1. The summed E-state index contributed by atoms with van der Waals surface area (Å²) in [7, 11) is 1.37. The highest BCUT2D eigenvalue weighted by Crippen LogP contribution is 2.37. The van der Waals surface area contributed by atoms with Crippen molar-refractivity contribution in [2.75, 3.05) is 25.5 Å². The molecule has 1 N–H and O–H groups in total. The zero-order valence-electron chi connectivity index (χ0n) is 14.2. The first-order chi connectivity index (χ1) is 12.1. The Balaban J connectivity index is 1.83. The summed E-state index contributed by atoms with van der Waals surface area (Å²) in [5, 5.41) is 5.39. The van der Waals surface area contributed by atoms with Crippen molar-refractivity contribution >= 4 is 45.6 Å². The lowest BCUT2D eigenvalue weighted by Crippen LogP contribution is -2.29. The highest BCUT2D eigenvalue weighted by Gasteiger charge is 2.28. The first-order valence-corrected chi connectivity index (χ1v) is 9.79. The highest BCUT2D eigenvalue weighted by atomic mass is 32.1. The summed E-state index contributed by atoms with van der Waals surface area (Å²) in [5.74, 6) is -0.635. The Kier molecular flexibility index (Phi) is 5.67. The number of likely N-dealkylation sites (N-methyl/N-ethyl adjacent to an activating group) is 1.